The normalized spacial score (nSPS) is 12.7. The van der Waals surface area contributed by atoms with E-state index in [1.54, 1.807) is 17.9 Å². The maximum atomic E-state index is 13.8. The first-order valence-corrected chi connectivity index (χ1v) is 5.89. The maximum absolute atomic E-state index is 13.8. The number of halogens is 3. The molecule has 0 amide bonds. The Morgan fingerprint density at radius 1 is 1.26 bits per heavy atom. The molecule has 0 radical (unpaired) electrons. The van der Waals surface area contributed by atoms with Crippen LogP contribution < -0.4 is 5.32 Å². The third kappa shape index (κ3) is 2.78. The SMILES string of the molecule is CCNC(c1cnn(C)c1)c1c(F)cc(F)cc1F. The van der Waals surface area contributed by atoms with Crippen LogP contribution in [0.25, 0.3) is 0 Å². The molecular formula is C13H14F3N3. The van der Waals surface area contributed by atoms with Crippen molar-refractivity contribution in [1.82, 2.24) is 15.1 Å². The van der Waals surface area contributed by atoms with Crippen LogP contribution in [0, 0.1) is 17.5 Å². The molecule has 1 unspecified atom stereocenters. The van der Waals surface area contributed by atoms with E-state index < -0.39 is 23.5 Å². The van der Waals surface area contributed by atoms with Gasteiger partial charge in [-0.25, -0.2) is 13.2 Å². The Balaban J connectivity index is 2.51. The highest BCUT2D eigenvalue weighted by Gasteiger charge is 2.23. The van der Waals surface area contributed by atoms with Crippen LogP contribution in [0.5, 0.6) is 0 Å². The van der Waals surface area contributed by atoms with Gasteiger partial charge in [0.15, 0.2) is 0 Å². The number of hydrogen-bond acceptors (Lipinski definition) is 2. The van der Waals surface area contributed by atoms with Gasteiger partial charge in [0.25, 0.3) is 0 Å². The number of aromatic nitrogens is 2. The third-order valence-electron chi connectivity index (χ3n) is 2.80. The molecular weight excluding hydrogens is 255 g/mol. The first kappa shape index (κ1) is 13.6. The lowest BCUT2D eigenvalue weighted by Crippen LogP contribution is -2.24. The van der Waals surface area contributed by atoms with Crippen LogP contribution in [0.4, 0.5) is 13.2 Å². The smallest absolute Gasteiger partial charge is 0.134 e. The van der Waals surface area contributed by atoms with Crippen LogP contribution in [0.2, 0.25) is 0 Å². The van der Waals surface area contributed by atoms with Gasteiger partial charge in [-0.3, -0.25) is 4.68 Å². The molecule has 0 saturated heterocycles. The number of nitrogens with zero attached hydrogens (tertiary/aromatic N) is 2. The quantitative estimate of drug-likeness (QED) is 0.924. The van der Waals surface area contributed by atoms with Gasteiger partial charge in [-0.15, -0.1) is 0 Å². The third-order valence-corrected chi connectivity index (χ3v) is 2.80. The molecule has 0 aliphatic heterocycles. The average Bonchev–Trinajstić information content (AvgIpc) is 2.73. The Morgan fingerprint density at radius 2 is 1.89 bits per heavy atom. The van der Waals surface area contributed by atoms with Crippen LogP contribution in [-0.4, -0.2) is 16.3 Å². The topological polar surface area (TPSA) is 29.9 Å². The molecule has 0 spiro atoms. The monoisotopic (exact) mass is 269 g/mol. The number of rotatable bonds is 4. The summed E-state index contributed by atoms with van der Waals surface area (Å²) in [4.78, 5) is 0. The lowest BCUT2D eigenvalue weighted by Gasteiger charge is -2.18. The van der Waals surface area contributed by atoms with Gasteiger partial charge in [0.05, 0.1) is 12.2 Å². The zero-order valence-corrected chi connectivity index (χ0v) is 10.6. The summed E-state index contributed by atoms with van der Waals surface area (Å²) in [6.07, 6.45) is 3.19. The predicted molar refractivity (Wildman–Crippen MR) is 65.0 cm³/mol. The first-order valence-electron chi connectivity index (χ1n) is 5.89. The van der Waals surface area contributed by atoms with Crippen molar-refractivity contribution < 1.29 is 13.2 Å². The van der Waals surface area contributed by atoms with Crippen molar-refractivity contribution >= 4 is 0 Å². The highest BCUT2D eigenvalue weighted by Crippen LogP contribution is 2.27. The Hall–Kier alpha value is -1.82. The Morgan fingerprint density at radius 3 is 2.37 bits per heavy atom. The minimum atomic E-state index is -0.930. The summed E-state index contributed by atoms with van der Waals surface area (Å²) in [6, 6.07) is 0.664. The van der Waals surface area contributed by atoms with E-state index >= 15 is 0 Å². The minimum Gasteiger partial charge on any atom is -0.306 e. The summed E-state index contributed by atoms with van der Waals surface area (Å²) in [5.41, 5.74) is 0.421. The molecule has 1 aromatic heterocycles. The molecule has 0 saturated carbocycles. The van der Waals surface area contributed by atoms with E-state index in [4.69, 9.17) is 0 Å². The van der Waals surface area contributed by atoms with Gasteiger partial charge in [-0.2, -0.15) is 5.10 Å². The molecule has 1 N–H and O–H groups in total. The molecule has 6 heteroatoms. The number of hydrogen-bond donors (Lipinski definition) is 1. The van der Waals surface area contributed by atoms with Gasteiger partial charge in [0.2, 0.25) is 0 Å². The second kappa shape index (κ2) is 5.44. The second-order valence-electron chi connectivity index (χ2n) is 4.22. The average molecular weight is 269 g/mol. The van der Waals surface area contributed by atoms with Gasteiger partial charge in [0, 0.05) is 36.5 Å². The lowest BCUT2D eigenvalue weighted by molar-refractivity contribution is 0.492. The molecule has 2 rings (SSSR count). The van der Waals surface area contributed by atoms with Crippen molar-refractivity contribution in [2.45, 2.75) is 13.0 Å². The number of aryl methyl sites for hydroxylation is 1. The molecule has 0 bridgehead atoms. The molecule has 102 valence electrons. The van der Waals surface area contributed by atoms with E-state index in [1.165, 1.54) is 6.20 Å². The number of nitrogens with one attached hydrogen (secondary N) is 1. The van der Waals surface area contributed by atoms with Crippen molar-refractivity contribution in [3.63, 3.8) is 0 Å². The van der Waals surface area contributed by atoms with E-state index in [0.717, 1.165) is 0 Å². The van der Waals surface area contributed by atoms with Gasteiger partial charge < -0.3 is 5.32 Å². The molecule has 3 nitrogen and oxygen atoms in total. The highest BCUT2D eigenvalue weighted by molar-refractivity contribution is 5.32. The van der Waals surface area contributed by atoms with E-state index in [-0.39, 0.29) is 5.56 Å². The van der Waals surface area contributed by atoms with E-state index in [2.05, 4.69) is 10.4 Å². The Bertz CT molecular complexity index is 557. The number of benzene rings is 1. The van der Waals surface area contributed by atoms with Gasteiger partial charge in [0.1, 0.15) is 17.5 Å². The van der Waals surface area contributed by atoms with E-state index in [1.807, 2.05) is 6.92 Å². The molecule has 1 heterocycles. The highest BCUT2D eigenvalue weighted by atomic mass is 19.1. The van der Waals surface area contributed by atoms with E-state index in [0.29, 0.717) is 24.2 Å². The standard InChI is InChI=1S/C13H14F3N3/c1-3-17-13(8-6-18-19(2)7-8)12-10(15)4-9(14)5-11(12)16/h4-7,13,17H,3H2,1-2H3. The van der Waals surface area contributed by atoms with Crippen molar-refractivity contribution in [3.05, 3.63) is 53.1 Å². The summed E-state index contributed by atoms with van der Waals surface area (Å²) in [5, 5.41) is 6.95. The van der Waals surface area contributed by atoms with Gasteiger partial charge in [-0.1, -0.05) is 6.92 Å². The maximum Gasteiger partial charge on any atom is 0.134 e. The molecule has 0 aliphatic rings. The fourth-order valence-electron chi connectivity index (χ4n) is 2.01. The molecule has 19 heavy (non-hydrogen) atoms. The Labute approximate surface area is 109 Å². The lowest BCUT2D eigenvalue weighted by atomic mass is 10.00. The molecule has 1 atom stereocenters. The molecule has 0 fully saturated rings. The largest absolute Gasteiger partial charge is 0.306 e. The van der Waals surface area contributed by atoms with Crippen LogP contribution in [0.3, 0.4) is 0 Å². The zero-order chi connectivity index (χ0) is 14.0. The van der Waals surface area contributed by atoms with Crippen molar-refractivity contribution in [2.75, 3.05) is 6.54 Å². The van der Waals surface area contributed by atoms with Crippen LogP contribution >= 0.6 is 0 Å². The zero-order valence-electron chi connectivity index (χ0n) is 10.6. The second-order valence-corrected chi connectivity index (χ2v) is 4.22. The minimum absolute atomic E-state index is 0.198. The van der Waals surface area contributed by atoms with Crippen molar-refractivity contribution in [1.29, 1.82) is 0 Å². The summed E-state index contributed by atoms with van der Waals surface area (Å²) in [6.45, 7) is 2.33. The van der Waals surface area contributed by atoms with Crippen LogP contribution in [0.15, 0.2) is 24.5 Å². The fraction of sp³-hybridized carbons (Fsp3) is 0.308. The Kier molecular flexibility index (Phi) is 3.90. The van der Waals surface area contributed by atoms with Gasteiger partial charge >= 0.3 is 0 Å². The molecule has 0 aliphatic carbocycles. The summed E-state index contributed by atoms with van der Waals surface area (Å²) in [7, 11) is 1.71. The fourth-order valence-corrected chi connectivity index (χ4v) is 2.01. The van der Waals surface area contributed by atoms with Crippen molar-refractivity contribution in [2.24, 2.45) is 7.05 Å². The first-order chi connectivity index (χ1) is 9.02. The predicted octanol–water partition coefficient (Wildman–Crippen LogP) is 2.54. The van der Waals surface area contributed by atoms with Crippen molar-refractivity contribution in [3.8, 4) is 0 Å². The summed E-state index contributed by atoms with van der Waals surface area (Å²) >= 11 is 0. The van der Waals surface area contributed by atoms with Crippen LogP contribution in [0.1, 0.15) is 24.1 Å². The molecule has 2 aromatic rings. The van der Waals surface area contributed by atoms with E-state index in [9.17, 15) is 13.2 Å². The summed E-state index contributed by atoms with van der Waals surface area (Å²) in [5.74, 6) is -2.75. The molecule has 1 aromatic carbocycles. The summed E-state index contributed by atoms with van der Waals surface area (Å²) < 4.78 is 42.1. The van der Waals surface area contributed by atoms with Crippen LogP contribution in [-0.2, 0) is 7.05 Å². The van der Waals surface area contributed by atoms with Gasteiger partial charge in [-0.05, 0) is 6.54 Å².